The van der Waals surface area contributed by atoms with E-state index >= 15 is 0 Å². The Hall–Kier alpha value is -0.870. The summed E-state index contributed by atoms with van der Waals surface area (Å²) in [6.07, 6.45) is 49.9. The Bertz CT molecular complexity index is 633. The van der Waals surface area contributed by atoms with Crippen LogP contribution in [0, 0.1) is 0 Å². The zero-order valence-electron chi connectivity index (χ0n) is 32.8. The molecule has 286 valence electrons. The SMILES string of the molecule is CCCCCC/C=C\CCCCCCCCOCC(CO)OC(=O)CCCCCCCCCCCCCCCCCCCCCCCC. The van der Waals surface area contributed by atoms with Gasteiger partial charge in [-0.05, 0) is 38.5 Å². The van der Waals surface area contributed by atoms with Crippen LogP contribution in [0.5, 0.6) is 0 Å². The van der Waals surface area contributed by atoms with Gasteiger partial charge < -0.3 is 14.6 Å². The number of aliphatic hydroxyl groups is 1. The minimum atomic E-state index is -0.531. The first-order chi connectivity index (χ1) is 23.7. The molecule has 1 atom stereocenters. The summed E-state index contributed by atoms with van der Waals surface area (Å²) in [5, 5.41) is 9.59. The summed E-state index contributed by atoms with van der Waals surface area (Å²) < 4.78 is 11.2. The van der Waals surface area contributed by atoms with Crippen LogP contribution in [0.4, 0.5) is 0 Å². The largest absolute Gasteiger partial charge is 0.457 e. The van der Waals surface area contributed by atoms with Gasteiger partial charge >= 0.3 is 5.97 Å². The zero-order valence-corrected chi connectivity index (χ0v) is 32.8. The molecule has 1 unspecified atom stereocenters. The third-order valence-electron chi connectivity index (χ3n) is 9.84. The molecule has 0 radical (unpaired) electrons. The highest BCUT2D eigenvalue weighted by molar-refractivity contribution is 5.69. The Morgan fingerprint density at radius 2 is 0.812 bits per heavy atom. The van der Waals surface area contributed by atoms with Crippen molar-refractivity contribution in [3.8, 4) is 0 Å². The van der Waals surface area contributed by atoms with Crippen LogP contribution in [0.15, 0.2) is 12.2 Å². The summed E-state index contributed by atoms with van der Waals surface area (Å²) in [6.45, 7) is 5.36. The standard InChI is InChI=1S/C44H86O4/c1-3-5-7-9-11-13-15-17-19-20-21-22-23-24-25-26-27-29-31-33-35-37-39-44(46)48-43(41-45)42-47-40-38-36-34-32-30-28-18-16-14-12-10-8-6-4-2/h14,16,43,45H,3-13,15,17-42H2,1-2H3/b16-14-. The first-order valence-electron chi connectivity index (χ1n) is 21.8. The van der Waals surface area contributed by atoms with Gasteiger partial charge in [-0.2, -0.15) is 0 Å². The lowest BCUT2D eigenvalue weighted by Gasteiger charge is -2.15. The predicted molar refractivity (Wildman–Crippen MR) is 210 cm³/mol. The number of carbonyl (C=O) groups is 1. The van der Waals surface area contributed by atoms with Gasteiger partial charge in [0, 0.05) is 13.0 Å². The number of ether oxygens (including phenoxy) is 2. The number of allylic oxidation sites excluding steroid dienone is 2. The van der Waals surface area contributed by atoms with Crippen molar-refractivity contribution in [2.24, 2.45) is 0 Å². The van der Waals surface area contributed by atoms with Gasteiger partial charge in [0.15, 0.2) is 0 Å². The lowest BCUT2D eigenvalue weighted by molar-refractivity contribution is -0.154. The van der Waals surface area contributed by atoms with E-state index in [0.29, 0.717) is 19.6 Å². The van der Waals surface area contributed by atoms with Crippen molar-refractivity contribution in [3.63, 3.8) is 0 Å². The first-order valence-corrected chi connectivity index (χ1v) is 21.8. The van der Waals surface area contributed by atoms with Gasteiger partial charge in [0.2, 0.25) is 0 Å². The molecule has 0 fully saturated rings. The van der Waals surface area contributed by atoms with Crippen molar-refractivity contribution in [2.75, 3.05) is 19.8 Å². The normalized spacial score (nSPS) is 12.3. The van der Waals surface area contributed by atoms with Crippen LogP contribution in [-0.2, 0) is 14.3 Å². The van der Waals surface area contributed by atoms with Crippen LogP contribution < -0.4 is 0 Å². The fourth-order valence-electron chi connectivity index (χ4n) is 6.56. The average Bonchev–Trinajstić information content (AvgIpc) is 3.09. The quantitative estimate of drug-likeness (QED) is 0.0397. The van der Waals surface area contributed by atoms with Crippen LogP contribution in [0.1, 0.15) is 239 Å². The van der Waals surface area contributed by atoms with E-state index < -0.39 is 6.10 Å². The Morgan fingerprint density at radius 1 is 0.479 bits per heavy atom. The Kier molecular flexibility index (Phi) is 41.5. The van der Waals surface area contributed by atoms with Crippen LogP contribution in [-0.4, -0.2) is 37.0 Å². The van der Waals surface area contributed by atoms with Gasteiger partial charge in [0.1, 0.15) is 6.10 Å². The fraction of sp³-hybridized carbons (Fsp3) is 0.932. The van der Waals surface area contributed by atoms with Gasteiger partial charge in [-0.15, -0.1) is 0 Å². The van der Waals surface area contributed by atoms with E-state index in [4.69, 9.17) is 9.47 Å². The first kappa shape index (κ1) is 47.1. The molecule has 0 heterocycles. The molecular formula is C44H86O4. The lowest BCUT2D eigenvalue weighted by atomic mass is 10.0. The third kappa shape index (κ3) is 39.6. The number of hydrogen-bond acceptors (Lipinski definition) is 4. The molecule has 0 saturated heterocycles. The zero-order chi connectivity index (χ0) is 34.9. The molecule has 4 heteroatoms. The maximum Gasteiger partial charge on any atom is 0.306 e. The second-order valence-electron chi connectivity index (χ2n) is 14.8. The third-order valence-corrected chi connectivity index (χ3v) is 9.84. The van der Waals surface area contributed by atoms with Crippen LogP contribution in [0.3, 0.4) is 0 Å². The lowest BCUT2D eigenvalue weighted by Crippen LogP contribution is -2.27. The molecule has 0 amide bonds. The summed E-state index contributed by atoms with van der Waals surface area (Å²) in [5.41, 5.74) is 0. The number of carbonyl (C=O) groups excluding carboxylic acids is 1. The highest BCUT2D eigenvalue weighted by atomic mass is 16.6. The average molecular weight is 679 g/mol. The summed E-state index contributed by atoms with van der Waals surface area (Å²) in [6, 6.07) is 0. The van der Waals surface area contributed by atoms with Gasteiger partial charge in [-0.3, -0.25) is 4.79 Å². The predicted octanol–water partition coefficient (Wildman–Crippen LogP) is 14.2. The molecule has 0 spiro atoms. The molecule has 0 aromatic heterocycles. The van der Waals surface area contributed by atoms with Gasteiger partial charge in [0.25, 0.3) is 0 Å². The van der Waals surface area contributed by atoms with E-state index in [1.807, 2.05) is 0 Å². The second-order valence-corrected chi connectivity index (χ2v) is 14.8. The van der Waals surface area contributed by atoms with E-state index in [1.165, 1.54) is 199 Å². The molecule has 0 aromatic carbocycles. The molecule has 4 nitrogen and oxygen atoms in total. The number of aliphatic hydroxyl groups excluding tert-OH is 1. The Labute approximate surface area is 301 Å². The van der Waals surface area contributed by atoms with Gasteiger partial charge in [-0.1, -0.05) is 206 Å². The van der Waals surface area contributed by atoms with Crippen LogP contribution in [0.2, 0.25) is 0 Å². The minimum Gasteiger partial charge on any atom is -0.457 e. The van der Waals surface area contributed by atoms with E-state index in [2.05, 4.69) is 26.0 Å². The molecule has 48 heavy (non-hydrogen) atoms. The molecule has 0 aliphatic rings. The van der Waals surface area contributed by atoms with Crippen molar-refractivity contribution in [1.82, 2.24) is 0 Å². The molecule has 0 aliphatic heterocycles. The molecule has 0 bridgehead atoms. The number of hydrogen-bond donors (Lipinski definition) is 1. The molecule has 0 aliphatic carbocycles. The number of unbranched alkanes of at least 4 members (excludes halogenated alkanes) is 31. The molecule has 1 N–H and O–H groups in total. The minimum absolute atomic E-state index is 0.168. The van der Waals surface area contributed by atoms with Gasteiger partial charge in [0.05, 0.1) is 13.2 Å². The van der Waals surface area contributed by atoms with Crippen molar-refractivity contribution in [3.05, 3.63) is 12.2 Å². The molecule has 0 rings (SSSR count). The van der Waals surface area contributed by atoms with E-state index in [-0.39, 0.29) is 12.6 Å². The number of rotatable bonds is 41. The molecular weight excluding hydrogens is 592 g/mol. The van der Waals surface area contributed by atoms with E-state index in [0.717, 1.165) is 19.3 Å². The highest BCUT2D eigenvalue weighted by Crippen LogP contribution is 2.16. The topological polar surface area (TPSA) is 55.8 Å². The Morgan fingerprint density at radius 3 is 1.21 bits per heavy atom. The summed E-state index contributed by atoms with van der Waals surface area (Å²) >= 11 is 0. The van der Waals surface area contributed by atoms with Crippen molar-refractivity contribution in [1.29, 1.82) is 0 Å². The molecule has 0 aromatic rings. The summed E-state index contributed by atoms with van der Waals surface area (Å²) in [5.74, 6) is -0.197. The van der Waals surface area contributed by atoms with Crippen molar-refractivity contribution < 1.29 is 19.4 Å². The second kappa shape index (κ2) is 42.3. The van der Waals surface area contributed by atoms with E-state index in [9.17, 15) is 9.90 Å². The maximum atomic E-state index is 12.2. The van der Waals surface area contributed by atoms with Crippen molar-refractivity contribution >= 4 is 5.97 Å². The van der Waals surface area contributed by atoms with Crippen molar-refractivity contribution in [2.45, 2.75) is 245 Å². The fourth-order valence-corrected chi connectivity index (χ4v) is 6.56. The number of esters is 1. The van der Waals surface area contributed by atoms with E-state index in [1.54, 1.807) is 0 Å². The highest BCUT2D eigenvalue weighted by Gasteiger charge is 2.13. The smallest absolute Gasteiger partial charge is 0.306 e. The monoisotopic (exact) mass is 679 g/mol. The summed E-state index contributed by atoms with van der Waals surface area (Å²) in [4.78, 5) is 12.2. The van der Waals surface area contributed by atoms with Crippen LogP contribution in [0.25, 0.3) is 0 Å². The summed E-state index contributed by atoms with van der Waals surface area (Å²) in [7, 11) is 0. The van der Waals surface area contributed by atoms with Gasteiger partial charge in [-0.25, -0.2) is 0 Å². The maximum absolute atomic E-state index is 12.2. The Balaban J connectivity index is 3.36. The molecule has 0 saturated carbocycles. The van der Waals surface area contributed by atoms with Crippen LogP contribution >= 0.6 is 0 Å².